The molecule has 0 bridgehead atoms. The topological polar surface area (TPSA) is 113 Å². The number of esters is 2. The standard InChI is InChI=1S/C11H16O7/c1-5(2)8(13)17-10(15)7(12)11(16)18-9(14)6(3)4/h7,10-12,15-16H,1,3H2,2,4H3. The molecule has 0 aliphatic carbocycles. The highest BCUT2D eigenvalue weighted by Crippen LogP contribution is 2.07. The van der Waals surface area contributed by atoms with Crippen LogP contribution in [0.1, 0.15) is 13.8 Å². The molecule has 0 aromatic rings. The lowest BCUT2D eigenvalue weighted by molar-refractivity contribution is -0.234. The first-order chi connectivity index (χ1) is 8.16. The molecule has 102 valence electrons. The van der Waals surface area contributed by atoms with E-state index in [4.69, 9.17) is 0 Å². The number of carbonyl (C=O) groups excluding carboxylic acids is 2. The second-order valence-corrected chi connectivity index (χ2v) is 3.64. The van der Waals surface area contributed by atoms with Crippen molar-refractivity contribution in [2.75, 3.05) is 0 Å². The van der Waals surface area contributed by atoms with Crippen LogP contribution in [0.3, 0.4) is 0 Å². The van der Waals surface area contributed by atoms with E-state index in [0.717, 1.165) is 0 Å². The maximum atomic E-state index is 11.0. The van der Waals surface area contributed by atoms with Gasteiger partial charge in [-0.05, 0) is 13.8 Å². The van der Waals surface area contributed by atoms with Gasteiger partial charge in [-0.3, -0.25) is 0 Å². The van der Waals surface area contributed by atoms with E-state index in [1.807, 2.05) is 0 Å². The van der Waals surface area contributed by atoms with Gasteiger partial charge < -0.3 is 24.8 Å². The third-order valence-electron chi connectivity index (χ3n) is 1.74. The van der Waals surface area contributed by atoms with E-state index in [1.165, 1.54) is 13.8 Å². The van der Waals surface area contributed by atoms with Crippen molar-refractivity contribution in [3.05, 3.63) is 24.3 Å². The number of aliphatic hydroxyl groups is 3. The monoisotopic (exact) mass is 260 g/mol. The molecule has 3 N–H and O–H groups in total. The molecule has 0 aliphatic heterocycles. The van der Waals surface area contributed by atoms with Crippen LogP contribution < -0.4 is 0 Å². The lowest BCUT2D eigenvalue weighted by Crippen LogP contribution is -2.42. The van der Waals surface area contributed by atoms with Crippen molar-refractivity contribution in [1.82, 2.24) is 0 Å². The van der Waals surface area contributed by atoms with E-state index >= 15 is 0 Å². The molecular formula is C11H16O7. The first-order valence-electron chi connectivity index (χ1n) is 4.94. The van der Waals surface area contributed by atoms with Gasteiger partial charge in [-0.1, -0.05) is 13.2 Å². The van der Waals surface area contributed by atoms with E-state index in [9.17, 15) is 24.9 Å². The van der Waals surface area contributed by atoms with Crippen molar-refractivity contribution in [3.63, 3.8) is 0 Å². The van der Waals surface area contributed by atoms with Gasteiger partial charge in [0.25, 0.3) is 0 Å². The second kappa shape index (κ2) is 6.90. The molecule has 0 heterocycles. The summed E-state index contributed by atoms with van der Waals surface area (Å²) in [6.45, 7) is 9.18. The average molecular weight is 260 g/mol. The molecule has 0 saturated heterocycles. The summed E-state index contributed by atoms with van der Waals surface area (Å²) in [6.07, 6.45) is -6.11. The molecule has 7 heteroatoms. The minimum absolute atomic E-state index is 0.00493. The summed E-state index contributed by atoms with van der Waals surface area (Å²) in [6, 6.07) is 0. The minimum atomic E-state index is -2.05. The van der Waals surface area contributed by atoms with E-state index in [-0.39, 0.29) is 11.1 Å². The number of rotatable bonds is 6. The number of hydrogen-bond acceptors (Lipinski definition) is 7. The summed E-state index contributed by atoms with van der Waals surface area (Å²) < 4.78 is 8.66. The molecule has 2 atom stereocenters. The maximum absolute atomic E-state index is 11.0. The van der Waals surface area contributed by atoms with Gasteiger partial charge in [0, 0.05) is 11.1 Å². The molecule has 7 nitrogen and oxygen atoms in total. The van der Waals surface area contributed by atoms with Crippen molar-refractivity contribution in [3.8, 4) is 0 Å². The van der Waals surface area contributed by atoms with E-state index in [0.29, 0.717) is 0 Å². The highest BCUT2D eigenvalue weighted by atomic mass is 16.7. The first-order valence-corrected chi connectivity index (χ1v) is 4.94. The highest BCUT2D eigenvalue weighted by Gasteiger charge is 2.30. The number of hydrogen-bond donors (Lipinski definition) is 3. The lowest BCUT2D eigenvalue weighted by Gasteiger charge is -2.22. The third kappa shape index (κ3) is 5.09. The summed E-state index contributed by atoms with van der Waals surface area (Å²) in [5.74, 6) is -1.92. The smallest absolute Gasteiger partial charge is 0.335 e. The molecule has 0 saturated carbocycles. The summed E-state index contributed by atoms with van der Waals surface area (Å²) in [5.41, 5.74) is -0.00987. The van der Waals surface area contributed by atoms with Gasteiger partial charge in [-0.25, -0.2) is 9.59 Å². The van der Waals surface area contributed by atoms with E-state index < -0.39 is 30.6 Å². The Morgan fingerprint density at radius 1 is 0.889 bits per heavy atom. The predicted octanol–water partition coefficient (Wildman–Crippen LogP) is -0.777. The molecule has 0 spiro atoms. The molecule has 0 aromatic heterocycles. The molecule has 0 radical (unpaired) electrons. The van der Waals surface area contributed by atoms with Crippen molar-refractivity contribution in [2.45, 2.75) is 32.5 Å². The Kier molecular flexibility index (Phi) is 6.24. The van der Waals surface area contributed by atoms with Crippen LogP contribution >= 0.6 is 0 Å². The minimum Gasteiger partial charge on any atom is -0.429 e. The van der Waals surface area contributed by atoms with Gasteiger partial charge in [-0.15, -0.1) is 0 Å². The predicted molar refractivity (Wildman–Crippen MR) is 59.8 cm³/mol. The maximum Gasteiger partial charge on any atom is 0.335 e. The van der Waals surface area contributed by atoms with Crippen LogP contribution in [0.2, 0.25) is 0 Å². The molecular weight excluding hydrogens is 244 g/mol. The molecule has 0 aromatic carbocycles. The van der Waals surface area contributed by atoms with Gasteiger partial charge in [-0.2, -0.15) is 0 Å². The van der Waals surface area contributed by atoms with Crippen LogP contribution in [0.15, 0.2) is 24.3 Å². The Bertz CT molecular complexity index is 326. The lowest BCUT2D eigenvalue weighted by atomic mass is 10.3. The van der Waals surface area contributed by atoms with Gasteiger partial charge >= 0.3 is 11.9 Å². The fourth-order valence-corrected chi connectivity index (χ4v) is 0.701. The average Bonchev–Trinajstić information content (AvgIpc) is 2.27. The molecule has 0 rings (SSSR count). The van der Waals surface area contributed by atoms with Crippen molar-refractivity contribution in [1.29, 1.82) is 0 Å². The molecule has 0 fully saturated rings. The van der Waals surface area contributed by atoms with Crippen LogP contribution in [0.5, 0.6) is 0 Å². The molecule has 0 aliphatic rings. The van der Waals surface area contributed by atoms with Gasteiger partial charge in [0.05, 0.1) is 0 Å². The summed E-state index contributed by atoms with van der Waals surface area (Å²) in [4.78, 5) is 22.0. The van der Waals surface area contributed by atoms with E-state index in [2.05, 4.69) is 22.6 Å². The SMILES string of the molecule is C=C(C)C(=O)OC(O)C(O)C(O)OC(=O)C(=C)C. The largest absolute Gasteiger partial charge is 0.429 e. The molecule has 0 amide bonds. The quantitative estimate of drug-likeness (QED) is 0.326. The Morgan fingerprint density at radius 3 is 1.39 bits per heavy atom. The molecule has 18 heavy (non-hydrogen) atoms. The van der Waals surface area contributed by atoms with Crippen LogP contribution in [-0.2, 0) is 19.1 Å². The number of aliphatic hydroxyl groups excluding tert-OH is 3. The van der Waals surface area contributed by atoms with Gasteiger partial charge in [0.1, 0.15) is 0 Å². The zero-order chi connectivity index (χ0) is 14.5. The van der Waals surface area contributed by atoms with Crippen LogP contribution in [0.25, 0.3) is 0 Å². The van der Waals surface area contributed by atoms with Crippen LogP contribution in [0.4, 0.5) is 0 Å². The second-order valence-electron chi connectivity index (χ2n) is 3.64. The normalized spacial score (nSPS) is 15.2. The number of carbonyl (C=O) groups is 2. The fourth-order valence-electron chi connectivity index (χ4n) is 0.701. The third-order valence-corrected chi connectivity index (χ3v) is 1.74. The van der Waals surface area contributed by atoms with Gasteiger partial charge in [0.2, 0.25) is 12.6 Å². The van der Waals surface area contributed by atoms with Crippen LogP contribution in [-0.4, -0.2) is 45.9 Å². The molecule has 2 unspecified atom stereocenters. The summed E-state index contributed by atoms with van der Waals surface area (Å²) >= 11 is 0. The fraction of sp³-hybridized carbons (Fsp3) is 0.455. The Labute approximate surface area is 104 Å². The van der Waals surface area contributed by atoms with Gasteiger partial charge in [0.15, 0.2) is 6.10 Å². The van der Waals surface area contributed by atoms with Crippen LogP contribution in [0, 0.1) is 0 Å². The highest BCUT2D eigenvalue weighted by molar-refractivity contribution is 5.87. The number of ether oxygens (including phenoxy) is 2. The zero-order valence-corrected chi connectivity index (χ0v) is 10.1. The van der Waals surface area contributed by atoms with Crippen molar-refractivity contribution < 1.29 is 34.4 Å². The zero-order valence-electron chi connectivity index (χ0n) is 10.1. The Hall–Kier alpha value is -1.70. The first kappa shape index (κ1) is 16.3. The summed E-state index contributed by atoms with van der Waals surface area (Å²) in [7, 11) is 0. The van der Waals surface area contributed by atoms with Crippen molar-refractivity contribution in [2.24, 2.45) is 0 Å². The summed E-state index contributed by atoms with van der Waals surface area (Å²) in [5, 5.41) is 27.8. The Morgan fingerprint density at radius 2 is 1.17 bits per heavy atom. The van der Waals surface area contributed by atoms with Crippen molar-refractivity contribution >= 4 is 11.9 Å². The van der Waals surface area contributed by atoms with E-state index in [1.54, 1.807) is 0 Å². The Balaban J connectivity index is 4.41.